The van der Waals surface area contributed by atoms with Gasteiger partial charge < -0.3 is 10.2 Å². The molecule has 2 N–H and O–H groups in total. The molecule has 0 atom stereocenters. The highest BCUT2D eigenvalue weighted by Gasteiger charge is 2.42. The minimum absolute atomic E-state index is 0.0877. The zero-order valence-corrected chi connectivity index (χ0v) is 7.34. The summed E-state index contributed by atoms with van der Waals surface area (Å²) < 4.78 is 13.1. The highest BCUT2D eigenvalue weighted by molar-refractivity contribution is 5.40. The maximum atomic E-state index is 13.1. The number of rotatable bonds is 1. The van der Waals surface area contributed by atoms with Crippen LogP contribution in [0.25, 0.3) is 0 Å². The van der Waals surface area contributed by atoms with E-state index in [-0.39, 0.29) is 11.3 Å². The number of phenolic OH excluding ortho intramolecular Hbond substituents is 1. The molecule has 1 fully saturated rings. The normalized spacial score (nSPS) is 18.7. The number of aliphatic hydroxyl groups is 1. The van der Waals surface area contributed by atoms with Gasteiger partial charge in [-0.2, -0.15) is 0 Å². The molecule has 1 saturated carbocycles. The lowest BCUT2D eigenvalue weighted by Gasteiger charge is -2.10. The van der Waals surface area contributed by atoms with E-state index >= 15 is 0 Å². The summed E-state index contributed by atoms with van der Waals surface area (Å²) in [5.41, 5.74) is -0.174. The number of hydrogen-bond acceptors (Lipinski definition) is 2. The van der Waals surface area contributed by atoms with Gasteiger partial charge in [-0.3, -0.25) is 0 Å². The molecule has 3 heteroatoms. The van der Waals surface area contributed by atoms with Gasteiger partial charge in [0.15, 0.2) is 0 Å². The topological polar surface area (TPSA) is 40.5 Å². The van der Waals surface area contributed by atoms with Gasteiger partial charge in [-0.1, -0.05) is 0 Å². The molecule has 0 aromatic heterocycles. The summed E-state index contributed by atoms with van der Waals surface area (Å²) in [7, 11) is 0. The van der Waals surface area contributed by atoms with Crippen molar-refractivity contribution in [1.29, 1.82) is 0 Å². The van der Waals surface area contributed by atoms with Crippen LogP contribution in [0.3, 0.4) is 0 Å². The number of hydrogen-bond donors (Lipinski definition) is 2. The van der Waals surface area contributed by atoms with Gasteiger partial charge in [0.1, 0.15) is 11.6 Å². The first-order chi connectivity index (χ1) is 6.03. The fraction of sp³-hybridized carbons (Fsp3) is 0.400. The Labute approximate surface area is 75.6 Å². The smallest absolute Gasteiger partial charge is 0.130 e. The number of benzene rings is 1. The van der Waals surface area contributed by atoms with E-state index in [9.17, 15) is 14.6 Å². The average molecular weight is 182 g/mol. The Hall–Kier alpha value is -1.09. The van der Waals surface area contributed by atoms with Gasteiger partial charge >= 0.3 is 0 Å². The van der Waals surface area contributed by atoms with Crippen LogP contribution in [-0.2, 0) is 5.60 Å². The second-order valence-corrected chi connectivity index (χ2v) is 3.63. The van der Waals surface area contributed by atoms with E-state index in [1.807, 2.05) is 0 Å². The quantitative estimate of drug-likeness (QED) is 0.695. The lowest BCUT2D eigenvalue weighted by molar-refractivity contribution is 0.150. The van der Waals surface area contributed by atoms with Crippen LogP contribution in [0.4, 0.5) is 4.39 Å². The van der Waals surface area contributed by atoms with Crippen LogP contribution in [0.1, 0.15) is 24.0 Å². The molecular formula is C10H11FO2. The first kappa shape index (κ1) is 8.51. The third kappa shape index (κ3) is 1.29. The minimum Gasteiger partial charge on any atom is -0.508 e. The summed E-state index contributed by atoms with van der Waals surface area (Å²) >= 11 is 0. The van der Waals surface area contributed by atoms with Crippen molar-refractivity contribution in [3.63, 3.8) is 0 Å². The van der Waals surface area contributed by atoms with Gasteiger partial charge in [0, 0.05) is 5.56 Å². The Morgan fingerprint density at radius 2 is 2.00 bits per heavy atom. The standard InChI is InChI=1S/C10H11FO2/c1-6-8(11)4-7(5-9(6)12)10(13)2-3-10/h4-5,12-13H,2-3H2,1H3. The van der Waals surface area contributed by atoms with Crippen LogP contribution < -0.4 is 0 Å². The van der Waals surface area contributed by atoms with Gasteiger partial charge in [-0.05, 0) is 37.5 Å². The predicted octanol–water partition coefficient (Wildman–Crippen LogP) is 1.82. The van der Waals surface area contributed by atoms with Gasteiger partial charge in [0.25, 0.3) is 0 Å². The average Bonchev–Trinajstić information content (AvgIpc) is 2.80. The molecule has 2 nitrogen and oxygen atoms in total. The first-order valence-corrected chi connectivity index (χ1v) is 4.25. The van der Waals surface area contributed by atoms with Crippen LogP contribution >= 0.6 is 0 Å². The van der Waals surface area contributed by atoms with Crippen molar-refractivity contribution >= 4 is 0 Å². The molecular weight excluding hydrogens is 171 g/mol. The first-order valence-electron chi connectivity index (χ1n) is 4.25. The Bertz CT molecular complexity index is 333. The summed E-state index contributed by atoms with van der Waals surface area (Å²) in [6.07, 6.45) is 1.30. The molecule has 0 radical (unpaired) electrons. The van der Waals surface area contributed by atoms with Crippen molar-refractivity contribution in [3.8, 4) is 5.75 Å². The molecule has 1 aromatic carbocycles. The highest BCUT2D eigenvalue weighted by atomic mass is 19.1. The third-order valence-electron chi connectivity index (χ3n) is 2.58. The number of aromatic hydroxyl groups is 1. The fourth-order valence-corrected chi connectivity index (χ4v) is 1.34. The maximum Gasteiger partial charge on any atom is 0.130 e. The van der Waals surface area contributed by atoms with Gasteiger partial charge in [0.05, 0.1) is 5.60 Å². The van der Waals surface area contributed by atoms with Crippen molar-refractivity contribution in [1.82, 2.24) is 0 Å². The molecule has 0 spiro atoms. The molecule has 70 valence electrons. The van der Waals surface area contributed by atoms with Crippen molar-refractivity contribution in [3.05, 3.63) is 29.1 Å². The molecule has 1 aliphatic rings. The van der Waals surface area contributed by atoms with Crippen LogP contribution in [0, 0.1) is 12.7 Å². The highest BCUT2D eigenvalue weighted by Crippen LogP contribution is 2.46. The Morgan fingerprint density at radius 3 is 2.46 bits per heavy atom. The lowest BCUT2D eigenvalue weighted by atomic mass is 10.0. The molecule has 1 aromatic rings. The maximum absolute atomic E-state index is 13.1. The monoisotopic (exact) mass is 182 g/mol. The van der Waals surface area contributed by atoms with Crippen molar-refractivity contribution in [2.24, 2.45) is 0 Å². The molecule has 0 aliphatic heterocycles. The van der Waals surface area contributed by atoms with E-state index in [0.717, 1.165) is 0 Å². The Morgan fingerprint density at radius 1 is 1.38 bits per heavy atom. The van der Waals surface area contributed by atoms with Gasteiger partial charge in [-0.15, -0.1) is 0 Å². The third-order valence-corrected chi connectivity index (χ3v) is 2.58. The zero-order valence-electron chi connectivity index (χ0n) is 7.34. The second kappa shape index (κ2) is 2.45. The zero-order chi connectivity index (χ0) is 9.64. The summed E-state index contributed by atoms with van der Waals surface area (Å²) in [6.45, 7) is 1.51. The van der Waals surface area contributed by atoms with E-state index in [1.54, 1.807) is 0 Å². The molecule has 0 saturated heterocycles. The SMILES string of the molecule is Cc1c(O)cc(C2(O)CC2)cc1F. The molecule has 0 bridgehead atoms. The van der Waals surface area contributed by atoms with E-state index in [2.05, 4.69) is 0 Å². The van der Waals surface area contributed by atoms with Gasteiger partial charge in [-0.25, -0.2) is 4.39 Å². The fourth-order valence-electron chi connectivity index (χ4n) is 1.34. The number of phenols is 1. The Kier molecular flexibility index (Phi) is 1.60. The molecule has 2 rings (SSSR count). The van der Waals surface area contributed by atoms with Crippen molar-refractivity contribution < 1.29 is 14.6 Å². The minimum atomic E-state index is -0.883. The largest absolute Gasteiger partial charge is 0.508 e. The van der Waals surface area contributed by atoms with Crippen LogP contribution in [0.15, 0.2) is 12.1 Å². The van der Waals surface area contributed by atoms with Gasteiger partial charge in [0.2, 0.25) is 0 Å². The van der Waals surface area contributed by atoms with E-state index in [0.29, 0.717) is 18.4 Å². The summed E-state index contributed by atoms with van der Waals surface area (Å²) in [5.74, 6) is -0.550. The molecule has 0 heterocycles. The van der Waals surface area contributed by atoms with E-state index < -0.39 is 11.4 Å². The van der Waals surface area contributed by atoms with Crippen molar-refractivity contribution in [2.45, 2.75) is 25.4 Å². The van der Waals surface area contributed by atoms with Crippen LogP contribution in [0.2, 0.25) is 0 Å². The summed E-state index contributed by atoms with van der Waals surface area (Å²) in [5, 5.41) is 19.0. The van der Waals surface area contributed by atoms with E-state index in [1.165, 1.54) is 19.1 Å². The molecule has 0 unspecified atom stereocenters. The second-order valence-electron chi connectivity index (χ2n) is 3.63. The lowest BCUT2D eigenvalue weighted by Crippen LogP contribution is -2.05. The molecule has 0 amide bonds. The van der Waals surface area contributed by atoms with E-state index in [4.69, 9.17) is 0 Å². The Balaban J connectivity index is 2.50. The molecule has 13 heavy (non-hydrogen) atoms. The number of halogens is 1. The predicted molar refractivity (Wildman–Crippen MR) is 45.9 cm³/mol. The molecule has 1 aliphatic carbocycles. The van der Waals surface area contributed by atoms with Crippen LogP contribution in [-0.4, -0.2) is 10.2 Å². The van der Waals surface area contributed by atoms with Crippen molar-refractivity contribution in [2.75, 3.05) is 0 Å². The summed E-state index contributed by atoms with van der Waals surface area (Å²) in [4.78, 5) is 0. The summed E-state index contributed by atoms with van der Waals surface area (Å²) in [6, 6.07) is 2.73. The van der Waals surface area contributed by atoms with Crippen LogP contribution in [0.5, 0.6) is 5.75 Å².